The SMILES string of the molecule is Cc1ccc(C)c(OCC(=O)Oc2ccc(Cl)cc2Cl)c1. The maximum absolute atomic E-state index is 11.8. The van der Waals surface area contributed by atoms with Crippen LogP contribution in [0.5, 0.6) is 11.5 Å². The van der Waals surface area contributed by atoms with Crippen molar-refractivity contribution in [2.75, 3.05) is 6.61 Å². The largest absolute Gasteiger partial charge is 0.482 e. The number of carbonyl (C=O) groups excluding carboxylic acids is 1. The van der Waals surface area contributed by atoms with Gasteiger partial charge in [0.15, 0.2) is 6.61 Å². The van der Waals surface area contributed by atoms with E-state index in [0.29, 0.717) is 10.8 Å². The number of rotatable bonds is 4. The third-order valence-electron chi connectivity index (χ3n) is 2.81. The predicted molar refractivity (Wildman–Crippen MR) is 83.5 cm³/mol. The number of hydrogen-bond donors (Lipinski definition) is 0. The number of aryl methyl sites for hydroxylation is 2. The lowest BCUT2D eigenvalue weighted by Crippen LogP contribution is -2.18. The zero-order valence-corrected chi connectivity index (χ0v) is 13.2. The van der Waals surface area contributed by atoms with E-state index in [9.17, 15) is 4.79 Å². The Balaban J connectivity index is 1.97. The summed E-state index contributed by atoms with van der Waals surface area (Å²) in [6.45, 7) is 3.68. The number of esters is 1. The van der Waals surface area contributed by atoms with E-state index < -0.39 is 5.97 Å². The lowest BCUT2D eigenvalue weighted by molar-refractivity contribution is -0.136. The van der Waals surface area contributed by atoms with Crippen molar-refractivity contribution < 1.29 is 14.3 Å². The first-order valence-electron chi connectivity index (χ1n) is 6.31. The molecule has 0 fully saturated rings. The first kappa shape index (κ1) is 15.7. The number of hydrogen-bond acceptors (Lipinski definition) is 3. The van der Waals surface area contributed by atoms with Gasteiger partial charge in [-0.2, -0.15) is 0 Å². The molecule has 0 aliphatic carbocycles. The Bertz CT molecular complexity index is 669. The molecule has 2 aromatic carbocycles. The average molecular weight is 325 g/mol. The Morgan fingerprint density at radius 3 is 2.52 bits per heavy atom. The summed E-state index contributed by atoms with van der Waals surface area (Å²) in [6, 6.07) is 10.4. The summed E-state index contributed by atoms with van der Waals surface area (Å²) < 4.78 is 10.6. The maximum atomic E-state index is 11.8. The lowest BCUT2D eigenvalue weighted by atomic mass is 10.1. The first-order valence-corrected chi connectivity index (χ1v) is 7.07. The van der Waals surface area contributed by atoms with Gasteiger partial charge >= 0.3 is 5.97 Å². The van der Waals surface area contributed by atoms with E-state index in [0.717, 1.165) is 11.1 Å². The Hall–Kier alpha value is -1.71. The third-order valence-corrected chi connectivity index (χ3v) is 3.34. The van der Waals surface area contributed by atoms with E-state index in [1.807, 2.05) is 32.0 Å². The fourth-order valence-corrected chi connectivity index (χ4v) is 2.16. The van der Waals surface area contributed by atoms with Crippen molar-refractivity contribution in [3.05, 3.63) is 57.6 Å². The summed E-state index contributed by atoms with van der Waals surface area (Å²) in [7, 11) is 0. The second-order valence-electron chi connectivity index (χ2n) is 4.61. The minimum atomic E-state index is -0.528. The van der Waals surface area contributed by atoms with Gasteiger partial charge in [0.25, 0.3) is 0 Å². The van der Waals surface area contributed by atoms with Crippen molar-refractivity contribution in [3.63, 3.8) is 0 Å². The van der Waals surface area contributed by atoms with E-state index in [1.54, 1.807) is 12.1 Å². The maximum Gasteiger partial charge on any atom is 0.349 e. The second-order valence-corrected chi connectivity index (χ2v) is 5.45. The van der Waals surface area contributed by atoms with Gasteiger partial charge in [0.05, 0.1) is 5.02 Å². The molecule has 0 saturated carbocycles. The molecule has 5 heteroatoms. The van der Waals surface area contributed by atoms with E-state index >= 15 is 0 Å². The van der Waals surface area contributed by atoms with E-state index in [2.05, 4.69) is 0 Å². The van der Waals surface area contributed by atoms with Crippen LogP contribution in [0.2, 0.25) is 10.0 Å². The van der Waals surface area contributed by atoms with Gasteiger partial charge in [-0.15, -0.1) is 0 Å². The van der Waals surface area contributed by atoms with Gasteiger partial charge in [0.1, 0.15) is 11.5 Å². The van der Waals surface area contributed by atoms with Crippen LogP contribution in [0.4, 0.5) is 0 Å². The van der Waals surface area contributed by atoms with Crippen LogP contribution in [0.25, 0.3) is 0 Å². The van der Waals surface area contributed by atoms with Crippen molar-refractivity contribution >= 4 is 29.2 Å². The summed E-state index contributed by atoms with van der Waals surface area (Å²) in [6.07, 6.45) is 0. The molecule has 3 nitrogen and oxygen atoms in total. The molecule has 0 atom stereocenters. The Kier molecular flexibility index (Phi) is 5.10. The van der Waals surface area contributed by atoms with Gasteiger partial charge in [0, 0.05) is 5.02 Å². The van der Waals surface area contributed by atoms with Gasteiger partial charge in [0.2, 0.25) is 0 Å². The van der Waals surface area contributed by atoms with Gasteiger partial charge in [-0.3, -0.25) is 0 Å². The molecule has 0 spiro atoms. The summed E-state index contributed by atoms with van der Waals surface area (Å²) in [5.41, 5.74) is 2.02. The van der Waals surface area contributed by atoms with Crippen LogP contribution in [0.3, 0.4) is 0 Å². The molecule has 0 aliphatic heterocycles. The van der Waals surface area contributed by atoms with Gasteiger partial charge in [-0.25, -0.2) is 4.79 Å². The van der Waals surface area contributed by atoms with Crippen molar-refractivity contribution in [2.24, 2.45) is 0 Å². The van der Waals surface area contributed by atoms with E-state index in [-0.39, 0.29) is 17.4 Å². The van der Waals surface area contributed by atoms with Crippen LogP contribution in [0.15, 0.2) is 36.4 Å². The highest BCUT2D eigenvalue weighted by atomic mass is 35.5. The Morgan fingerprint density at radius 1 is 1.05 bits per heavy atom. The molecule has 2 aromatic rings. The molecule has 0 aliphatic rings. The second kappa shape index (κ2) is 6.83. The summed E-state index contributed by atoms with van der Waals surface area (Å²) in [4.78, 5) is 11.8. The molecule has 0 radical (unpaired) electrons. The third kappa shape index (κ3) is 4.38. The van der Waals surface area contributed by atoms with Crippen molar-refractivity contribution in [1.29, 1.82) is 0 Å². The van der Waals surface area contributed by atoms with Crippen LogP contribution in [0, 0.1) is 13.8 Å². The standard InChI is InChI=1S/C16H14Cl2O3/c1-10-3-4-11(2)15(7-10)20-9-16(19)21-14-6-5-12(17)8-13(14)18/h3-8H,9H2,1-2H3. The lowest BCUT2D eigenvalue weighted by Gasteiger charge is -2.10. The zero-order valence-electron chi connectivity index (χ0n) is 11.7. The van der Waals surface area contributed by atoms with Crippen LogP contribution in [-0.4, -0.2) is 12.6 Å². The quantitative estimate of drug-likeness (QED) is 0.609. The minimum absolute atomic E-state index is 0.191. The fraction of sp³-hybridized carbons (Fsp3) is 0.188. The highest BCUT2D eigenvalue weighted by Gasteiger charge is 2.10. The number of halogens is 2. The minimum Gasteiger partial charge on any atom is -0.482 e. The molecule has 110 valence electrons. The van der Waals surface area contributed by atoms with Gasteiger partial charge < -0.3 is 9.47 Å². The molecule has 0 amide bonds. The smallest absolute Gasteiger partial charge is 0.349 e. The molecule has 0 unspecified atom stereocenters. The van der Waals surface area contributed by atoms with E-state index in [1.165, 1.54) is 6.07 Å². The molecule has 0 heterocycles. The Labute approximate surface area is 133 Å². The number of carbonyl (C=O) groups is 1. The molecule has 21 heavy (non-hydrogen) atoms. The predicted octanol–water partition coefficient (Wildman–Crippen LogP) is 4.59. The highest BCUT2D eigenvalue weighted by Crippen LogP contribution is 2.27. The molecule has 0 bridgehead atoms. The van der Waals surface area contributed by atoms with Crippen LogP contribution in [0.1, 0.15) is 11.1 Å². The molecule has 0 aromatic heterocycles. The van der Waals surface area contributed by atoms with E-state index in [4.69, 9.17) is 32.7 Å². The topological polar surface area (TPSA) is 35.5 Å². The summed E-state index contributed by atoms with van der Waals surface area (Å²) >= 11 is 11.7. The normalized spacial score (nSPS) is 10.3. The highest BCUT2D eigenvalue weighted by molar-refractivity contribution is 6.35. The number of ether oxygens (including phenoxy) is 2. The van der Waals surface area contributed by atoms with Crippen LogP contribution >= 0.6 is 23.2 Å². The summed E-state index contributed by atoms with van der Waals surface area (Å²) in [5, 5.41) is 0.758. The first-order chi connectivity index (χ1) is 9.95. The van der Waals surface area contributed by atoms with Crippen molar-refractivity contribution in [1.82, 2.24) is 0 Å². The molecule has 0 N–H and O–H groups in total. The monoisotopic (exact) mass is 324 g/mol. The van der Waals surface area contributed by atoms with Gasteiger partial charge in [-0.1, -0.05) is 35.3 Å². The number of benzene rings is 2. The van der Waals surface area contributed by atoms with Crippen molar-refractivity contribution in [3.8, 4) is 11.5 Å². The average Bonchev–Trinajstić information content (AvgIpc) is 2.43. The van der Waals surface area contributed by atoms with Crippen LogP contribution < -0.4 is 9.47 Å². The molecule has 0 saturated heterocycles. The van der Waals surface area contributed by atoms with Crippen LogP contribution in [-0.2, 0) is 4.79 Å². The fourth-order valence-electron chi connectivity index (χ4n) is 1.71. The summed E-state index contributed by atoms with van der Waals surface area (Å²) in [5.74, 6) is 0.393. The zero-order chi connectivity index (χ0) is 15.4. The van der Waals surface area contributed by atoms with Crippen molar-refractivity contribution in [2.45, 2.75) is 13.8 Å². The molecular formula is C16H14Cl2O3. The Morgan fingerprint density at radius 2 is 1.81 bits per heavy atom. The molecular weight excluding hydrogens is 311 g/mol. The molecule has 2 rings (SSSR count). The van der Waals surface area contributed by atoms with Gasteiger partial charge in [-0.05, 0) is 49.2 Å².